The monoisotopic (exact) mass is 601 g/mol. The lowest BCUT2D eigenvalue weighted by atomic mass is 10.0. The molecule has 0 bridgehead atoms. The molecule has 1 atom stereocenters. The summed E-state index contributed by atoms with van der Waals surface area (Å²) < 4.78 is 29.4. The summed E-state index contributed by atoms with van der Waals surface area (Å²) in [6.07, 6.45) is 10.2. The van der Waals surface area contributed by atoms with Crippen LogP contribution in [0, 0.1) is 0 Å². The highest BCUT2D eigenvalue weighted by Crippen LogP contribution is 2.24. The molecule has 1 amide bonds. The number of pyridine rings is 4. The quantitative estimate of drug-likeness (QED) is 0.294. The molecule has 2 aliphatic heterocycles. The van der Waals surface area contributed by atoms with Crippen molar-refractivity contribution in [3.63, 3.8) is 0 Å². The van der Waals surface area contributed by atoms with Crippen molar-refractivity contribution in [2.45, 2.75) is 49.3 Å². The lowest BCUT2D eigenvalue weighted by Crippen LogP contribution is -2.44. The lowest BCUT2D eigenvalue weighted by molar-refractivity contribution is 0.0949. The number of amides is 1. The van der Waals surface area contributed by atoms with Crippen LogP contribution in [0.4, 0.5) is 5.82 Å². The molecule has 4 aromatic heterocycles. The van der Waals surface area contributed by atoms with E-state index in [2.05, 4.69) is 31.6 Å². The van der Waals surface area contributed by atoms with Crippen LogP contribution in [-0.2, 0) is 21.1 Å². The fraction of sp³-hybridized carbons (Fsp3) is 0.387. The second kappa shape index (κ2) is 12.7. The number of aromatic nitrogens is 4. The SMILES string of the molecule is CS(=O)(=O)c1cncc(C(=O)NCc2cc3nc(-c4cccc(N5CCC(NCC6CCCO6)CC5)n4)ccc3cn2)c1. The molecule has 6 rings (SSSR count). The van der Waals surface area contributed by atoms with Gasteiger partial charge in [0.1, 0.15) is 5.82 Å². The van der Waals surface area contributed by atoms with Crippen LogP contribution in [-0.4, -0.2) is 78.9 Å². The van der Waals surface area contributed by atoms with E-state index >= 15 is 0 Å². The number of carbonyl (C=O) groups excluding carboxylic acids is 1. The summed E-state index contributed by atoms with van der Waals surface area (Å²) in [4.78, 5) is 33.1. The highest BCUT2D eigenvalue weighted by atomic mass is 32.2. The summed E-state index contributed by atoms with van der Waals surface area (Å²) in [5.74, 6) is 0.509. The first-order chi connectivity index (χ1) is 20.8. The number of fused-ring (bicyclic) bond motifs is 1. The number of piperidine rings is 1. The molecule has 43 heavy (non-hydrogen) atoms. The van der Waals surface area contributed by atoms with E-state index in [9.17, 15) is 13.2 Å². The second-order valence-corrected chi connectivity index (χ2v) is 13.1. The molecule has 11 nitrogen and oxygen atoms in total. The number of hydrogen-bond acceptors (Lipinski definition) is 10. The maximum Gasteiger partial charge on any atom is 0.253 e. The minimum atomic E-state index is -3.47. The van der Waals surface area contributed by atoms with Gasteiger partial charge in [0.15, 0.2) is 9.84 Å². The van der Waals surface area contributed by atoms with E-state index in [1.807, 2.05) is 30.3 Å². The number of nitrogens with zero attached hydrogens (tertiary/aromatic N) is 5. The van der Waals surface area contributed by atoms with Gasteiger partial charge in [-0.15, -0.1) is 0 Å². The van der Waals surface area contributed by atoms with E-state index in [0.717, 1.165) is 79.9 Å². The highest BCUT2D eigenvalue weighted by molar-refractivity contribution is 7.90. The lowest BCUT2D eigenvalue weighted by Gasteiger charge is -2.33. The van der Waals surface area contributed by atoms with E-state index in [1.165, 1.54) is 24.9 Å². The molecule has 0 aliphatic carbocycles. The first kappa shape index (κ1) is 29.1. The van der Waals surface area contributed by atoms with Crippen molar-refractivity contribution in [2.24, 2.45) is 0 Å². The standard InChI is InChI=1S/C31H35N7O4S/c1-43(40,41)26-14-22(16-32-20-26)31(39)35-18-24-15-29-21(17-33-24)7-8-28(36-29)27-5-2-6-30(37-27)38-11-9-23(10-12-38)34-19-25-4-3-13-42-25/h2,5-8,14-17,20,23,25,34H,3-4,9-13,18-19H2,1H3,(H,35,39). The van der Waals surface area contributed by atoms with E-state index in [-0.39, 0.29) is 17.0 Å². The predicted octanol–water partition coefficient (Wildman–Crippen LogP) is 3.16. The Kier molecular flexibility index (Phi) is 8.59. The van der Waals surface area contributed by atoms with Crippen molar-refractivity contribution in [3.8, 4) is 11.4 Å². The maximum atomic E-state index is 12.7. The molecule has 2 aliphatic rings. The van der Waals surface area contributed by atoms with E-state index in [1.54, 1.807) is 6.20 Å². The molecule has 1 unspecified atom stereocenters. The van der Waals surface area contributed by atoms with Gasteiger partial charge in [-0.05, 0) is 62.1 Å². The summed E-state index contributed by atoms with van der Waals surface area (Å²) in [6, 6.07) is 13.6. The van der Waals surface area contributed by atoms with Crippen LogP contribution in [0.3, 0.4) is 0 Å². The molecule has 2 saturated heterocycles. The Morgan fingerprint density at radius 3 is 2.65 bits per heavy atom. The van der Waals surface area contributed by atoms with Crippen LogP contribution in [0.1, 0.15) is 41.7 Å². The van der Waals surface area contributed by atoms with Gasteiger partial charge < -0.3 is 20.3 Å². The van der Waals surface area contributed by atoms with Crippen molar-refractivity contribution in [1.29, 1.82) is 0 Å². The third kappa shape index (κ3) is 7.15. The number of rotatable bonds is 9. The Morgan fingerprint density at radius 2 is 1.86 bits per heavy atom. The largest absolute Gasteiger partial charge is 0.377 e. The summed E-state index contributed by atoms with van der Waals surface area (Å²) in [5, 5.41) is 7.34. The second-order valence-electron chi connectivity index (χ2n) is 11.1. The number of ether oxygens (including phenoxy) is 1. The van der Waals surface area contributed by atoms with Crippen LogP contribution < -0.4 is 15.5 Å². The molecule has 2 N–H and O–H groups in total. The van der Waals surface area contributed by atoms with Gasteiger partial charge in [-0.3, -0.25) is 14.8 Å². The molecule has 224 valence electrons. The maximum absolute atomic E-state index is 12.7. The number of hydrogen-bond donors (Lipinski definition) is 2. The van der Waals surface area contributed by atoms with Crippen LogP contribution >= 0.6 is 0 Å². The minimum absolute atomic E-state index is 0.00929. The van der Waals surface area contributed by atoms with E-state index in [0.29, 0.717) is 17.8 Å². The molecule has 4 aromatic rings. The Morgan fingerprint density at radius 1 is 1.02 bits per heavy atom. The van der Waals surface area contributed by atoms with Gasteiger partial charge in [0.25, 0.3) is 5.91 Å². The summed E-state index contributed by atoms with van der Waals surface area (Å²) in [7, 11) is -3.47. The van der Waals surface area contributed by atoms with E-state index < -0.39 is 15.7 Å². The van der Waals surface area contributed by atoms with Gasteiger partial charge in [-0.1, -0.05) is 6.07 Å². The van der Waals surface area contributed by atoms with Gasteiger partial charge in [0.2, 0.25) is 0 Å². The smallest absolute Gasteiger partial charge is 0.253 e. The van der Waals surface area contributed by atoms with Crippen molar-refractivity contribution in [2.75, 3.05) is 37.4 Å². The molecule has 0 saturated carbocycles. The Labute approximate surface area is 251 Å². The molecule has 0 spiro atoms. The third-order valence-corrected chi connectivity index (χ3v) is 9.02. The molecular weight excluding hydrogens is 566 g/mol. The molecule has 0 aromatic carbocycles. The summed E-state index contributed by atoms with van der Waals surface area (Å²) >= 11 is 0. The fourth-order valence-corrected chi connectivity index (χ4v) is 6.07. The van der Waals surface area contributed by atoms with Crippen molar-refractivity contribution in [1.82, 2.24) is 30.6 Å². The van der Waals surface area contributed by atoms with Crippen LogP contribution in [0.25, 0.3) is 22.3 Å². The molecule has 2 fully saturated rings. The molecule has 0 radical (unpaired) electrons. The van der Waals surface area contributed by atoms with Crippen LogP contribution in [0.15, 0.2) is 66.0 Å². The Bertz CT molecular complexity index is 1720. The van der Waals surface area contributed by atoms with Gasteiger partial charge in [-0.25, -0.2) is 18.4 Å². The van der Waals surface area contributed by atoms with E-state index in [4.69, 9.17) is 14.7 Å². The predicted molar refractivity (Wildman–Crippen MR) is 163 cm³/mol. The Hall–Kier alpha value is -4.00. The van der Waals surface area contributed by atoms with Gasteiger partial charge in [-0.2, -0.15) is 0 Å². The van der Waals surface area contributed by atoms with Crippen molar-refractivity contribution >= 4 is 32.5 Å². The number of anilines is 1. The summed E-state index contributed by atoms with van der Waals surface area (Å²) in [5.41, 5.74) is 3.07. The molecule has 12 heteroatoms. The average Bonchev–Trinajstić information content (AvgIpc) is 3.56. The first-order valence-corrected chi connectivity index (χ1v) is 16.5. The van der Waals surface area contributed by atoms with Crippen molar-refractivity contribution < 1.29 is 17.9 Å². The number of sulfone groups is 1. The van der Waals surface area contributed by atoms with Crippen LogP contribution in [0.5, 0.6) is 0 Å². The normalized spacial score (nSPS) is 17.8. The fourth-order valence-electron chi connectivity index (χ4n) is 5.47. The number of nitrogens with one attached hydrogen (secondary N) is 2. The minimum Gasteiger partial charge on any atom is -0.377 e. The van der Waals surface area contributed by atoms with Gasteiger partial charge >= 0.3 is 0 Å². The van der Waals surface area contributed by atoms with Gasteiger partial charge in [0.05, 0.1) is 45.7 Å². The topological polar surface area (TPSA) is 139 Å². The van der Waals surface area contributed by atoms with Crippen molar-refractivity contribution in [3.05, 3.63) is 72.3 Å². The molecule has 6 heterocycles. The number of carbonyl (C=O) groups is 1. The van der Waals surface area contributed by atoms with Crippen LogP contribution in [0.2, 0.25) is 0 Å². The summed E-state index contributed by atoms with van der Waals surface area (Å²) in [6.45, 7) is 3.86. The van der Waals surface area contributed by atoms with Gasteiger partial charge in [0, 0.05) is 62.5 Å². The Balaban J connectivity index is 1.10. The molecular formula is C31H35N7O4S. The average molecular weight is 602 g/mol. The third-order valence-electron chi connectivity index (χ3n) is 7.94. The highest BCUT2D eigenvalue weighted by Gasteiger charge is 2.23. The zero-order valence-electron chi connectivity index (χ0n) is 24.1. The zero-order chi connectivity index (χ0) is 29.8. The zero-order valence-corrected chi connectivity index (χ0v) is 24.9. The first-order valence-electron chi connectivity index (χ1n) is 14.6.